The van der Waals surface area contributed by atoms with Crippen molar-refractivity contribution in [2.45, 2.75) is 101 Å². The van der Waals surface area contributed by atoms with Crippen molar-refractivity contribution < 1.29 is 37.1 Å². The standard InChI is InChI=1S/C44H55N5O9S/c1-4-13-34(41(51)48-59(55,56)32-21-22-32)46-42(52)37-20-12-23-49(37)43(53)40(30-17-10-11-18-30)47-44(54)58-27-28(2)14-8-9-19-31-24-33-36(26-39(31)57-3)45-35(25-38(33)50)29-15-6-5-7-16-29/h4-7,9,15-16,19,24-26,28,30,32,34,37,40H,1,8,10-14,17-18,20-23,27H2,2-3H3,(H,45,50)(H,46,52)(H,47,54)(H,48,51)/b19-9+/t28?,34?,37-,40-/m0/s1. The molecule has 4 N–H and O–H groups in total. The van der Waals surface area contributed by atoms with Crippen molar-refractivity contribution in [2.24, 2.45) is 11.8 Å². The van der Waals surface area contributed by atoms with Gasteiger partial charge in [0.15, 0.2) is 5.43 Å². The zero-order valence-corrected chi connectivity index (χ0v) is 34.6. The lowest BCUT2D eigenvalue weighted by Gasteiger charge is -2.32. The highest BCUT2D eigenvalue weighted by Crippen LogP contribution is 2.31. The summed E-state index contributed by atoms with van der Waals surface area (Å²) in [5.41, 5.74) is 2.98. The Morgan fingerprint density at radius 1 is 1.00 bits per heavy atom. The number of aromatic amines is 1. The van der Waals surface area contributed by atoms with E-state index in [1.54, 1.807) is 13.2 Å². The summed E-state index contributed by atoms with van der Waals surface area (Å²) in [5.74, 6) is -1.30. The Balaban J connectivity index is 1.02. The fraction of sp³-hybridized carbons (Fsp3) is 0.477. The summed E-state index contributed by atoms with van der Waals surface area (Å²) in [6, 6.07) is 11.9. The fourth-order valence-corrected chi connectivity index (χ4v) is 9.27. The highest BCUT2D eigenvalue weighted by molar-refractivity contribution is 7.90. The van der Waals surface area contributed by atoms with Crippen molar-refractivity contribution in [3.8, 4) is 17.0 Å². The smallest absolute Gasteiger partial charge is 0.407 e. The molecule has 2 saturated carbocycles. The molecule has 2 aliphatic carbocycles. The van der Waals surface area contributed by atoms with E-state index in [9.17, 15) is 32.4 Å². The molecule has 4 atom stereocenters. The Hall–Kier alpha value is -5.44. The Morgan fingerprint density at radius 2 is 1.75 bits per heavy atom. The van der Waals surface area contributed by atoms with Crippen LogP contribution in [0, 0.1) is 11.8 Å². The second kappa shape index (κ2) is 19.5. The molecule has 3 aromatic rings. The van der Waals surface area contributed by atoms with E-state index in [-0.39, 0.29) is 36.2 Å². The number of rotatable bonds is 18. The number of H-pyrrole nitrogens is 1. The average Bonchev–Trinajstić information content (AvgIpc) is 3.74. The molecule has 2 unspecified atom stereocenters. The number of ether oxygens (including phenoxy) is 2. The maximum atomic E-state index is 14.1. The highest BCUT2D eigenvalue weighted by Gasteiger charge is 2.43. The minimum absolute atomic E-state index is 0.00322. The summed E-state index contributed by atoms with van der Waals surface area (Å²) in [7, 11) is -2.24. The van der Waals surface area contributed by atoms with Crippen molar-refractivity contribution >= 4 is 50.8 Å². The first-order chi connectivity index (χ1) is 28.4. The Bertz CT molecular complexity index is 2210. The van der Waals surface area contributed by atoms with Gasteiger partial charge in [-0.3, -0.25) is 23.9 Å². The molecule has 2 heterocycles. The van der Waals surface area contributed by atoms with E-state index in [1.807, 2.05) is 61.5 Å². The number of hydrogen-bond donors (Lipinski definition) is 4. The van der Waals surface area contributed by atoms with Gasteiger partial charge in [-0.05, 0) is 81.3 Å². The van der Waals surface area contributed by atoms with Crippen LogP contribution < -0.4 is 25.5 Å². The third-order valence-electron chi connectivity index (χ3n) is 11.4. The van der Waals surface area contributed by atoms with E-state index in [4.69, 9.17) is 9.47 Å². The Labute approximate surface area is 345 Å². The van der Waals surface area contributed by atoms with Gasteiger partial charge in [0.2, 0.25) is 21.8 Å². The summed E-state index contributed by atoms with van der Waals surface area (Å²) < 4.78 is 38.1. The zero-order chi connectivity index (χ0) is 42.1. The molecule has 3 aliphatic rings. The fourth-order valence-electron chi connectivity index (χ4n) is 7.93. The quantitative estimate of drug-likeness (QED) is 0.119. The predicted molar refractivity (Wildman–Crippen MR) is 226 cm³/mol. The van der Waals surface area contributed by atoms with Gasteiger partial charge in [0.05, 0.1) is 24.5 Å². The number of nitrogens with one attached hydrogen (secondary N) is 4. The highest BCUT2D eigenvalue weighted by atomic mass is 32.2. The van der Waals surface area contributed by atoms with Crippen LogP contribution in [0.5, 0.6) is 5.75 Å². The van der Waals surface area contributed by atoms with Gasteiger partial charge in [-0.1, -0.05) is 68.3 Å². The Morgan fingerprint density at radius 3 is 2.44 bits per heavy atom. The predicted octanol–water partition coefficient (Wildman–Crippen LogP) is 5.58. The molecular formula is C44H55N5O9S. The van der Waals surface area contributed by atoms with Gasteiger partial charge in [0.1, 0.15) is 23.9 Å². The van der Waals surface area contributed by atoms with Crippen LogP contribution in [0.4, 0.5) is 4.79 Å². The summed E-state index contributed by atoms with van der Waals surface area (Å²) in [6.45, 7) is 6.03. The van der Waals surface area contributed by atoms with Gasteiger partial charge in [0.25, 0.3) is 5.91 Å². The van der Waals surface area contributed by atoms with Crippen LogP contribution in [0.2, 0.25) is 0 Å². The summed E-state index contributed by atoms with van der Waals surface area (Å²) >= 11 is 0. The molecule has 1 saturated heterocycles. The molecule has 4 amide bonds. The number of benzene rings is 2. The van der Waals surface area contributed by atoms with Crippen LogP contribution in [0.1, 0.15) is 83.1 Å². The van der Waals surface area contributed by atoms with Gasteiger partial charge in [-0.15, -0.1) is 6.58 Å². The molecule has 316 valence electrons. The first kappa shape index (κ1) is 43.1. The van der Waals surface area contributed by atoms with Crippen molar-refractivity contribution in [2.75, 3.05) is 20.3 Å². The van der Waals surface area contributed by atoms with Gasteiger partial charge in [0, 0.05) is 35.3 Å². The van der Waals surface area contributed by atoms with Crippen LogP contribution in [-0.4, -0.2) is 85.8 Å². The van der Waals surface area contributed by atoms with E-state index in [1.165, 1.54) is 11.0 Å². The van der Waals surface area contributed by atoms with Gasteiger partial charge < -0.3 is 30.0 Å². The molecule has 1 aromatic heterocycles. The molecule has 14 nitrogen and oxygen atoms in total. The number of nitrogens with zero attached hydrogens (tertiary/aromatic N) is 1. The number of sulfonamides is 1. The number of alkyl carbamates (subject to hydrolysis) is 1. The number of hydrogen-bond acceptors (Lipinski definition) is 9. The number of likely N-dealkylation sites (tertiary alicyclic amines) is 1. The lowest BCUT2D eigenvalue weighted by molar-refractivity contribution is -0.141. The van der Waals surface area contributed by atoms with Gasteiger partial charge in [-0.25, -0.2) is 13.2 Å². The van der Waals surface area contributed by atoms with Crippen LogP contribution in [-0.2, 0) is 29.1 Å². The van der Waals surface area contributed by atoms with Crippen molar-refractivity contribution in [1.29, 1.82) is 0 Å². The third kappa shape index (κ3) is 11.0. The number of allylic oxidation sites excluding steroid dienone is 1. The number of aromatic nitrogens is 1. The van der Waals surface area contributed by atoms with Gasteiger partial charge in [-0.2, -0.15) is 0 Å². The summed E-state index contributed by atoms with van der Waals surface area (Å²) in [6.07, 6.45) is 11.2. The van der Waals surface area contributed by atoms with E-state index in [0.29, 0.717) is 61.7 Å². The number of pyridine rings is 1. The molecule has 6 rings (SSSR count). The zero-order valence-electron chi connectivity index (χ0n) is 33.7. The van der Waals surface area contributed by atoms with Crippen LogP contribution in [0.3, 0.4) is 0 Å². The molecule has 59 heavy (non-hydrogen) atoms. The van der Waals surface area contributed by atoms with Crippen LogP contribution in [0.25, 0.3) is 28.2 Å². The minimum atomic E-state index is -3.82. The van der Waals surface area contributed by atoms with Crippen molar-refractivity contribution in [1.82, 2.24) is 25.2 Å². The molecule has 0 spiro atoms. The van der Waals surface area contributed by atoms with E-state index >= 15 is 0 Å². The average molecular weight is 830 g/mol. The van der Waals surface area contributed by atoms with Gasteiger partial charge >= 0.3 is 6.09 Å². The minimum Gasteiger partial charge on any atom is -0.496 e. The molecule has 3 fully saturated rings. The SMILES string of the molecule is C=CCC(NC(=O)[C@@H]1CCCN1C(=O)[C@@H](NC(=O)OCC(C)CC/C=C/c1cc2c(=O)cc(-c3ccccc3)[nH]c2cc1OC)C1CCCC1)C(=O)NS(=O)(=O)C1CC1. The molecule has 1 aliphatic heterocycles. The molecular weight excluding hydrogens is 775 g/mol. The van der Waals surface area contributed by atoms with Crippen LogP contribution >= 0.6 is 0 Å². The monoisotopic (exact) mass is 829 g/mol. The van der Waals surface area contributed by atoms with Crippen molar-refractivity contribution in [3.63, 3.8) is 0 Å². The van der Waals surface area contributed by atoms with Crippen LogP contribution in [0.15, 0.2) is 72.1 Å². The molecule has 0 radical (unpaired) electrons. The lowest BCUT2D eigenvalue weighted by atomic mass is 9.96. The summed E-state index contributed by atoms with van der Waals surface area (Å²) in [4.78, 5) is 71.6. The number of carbonyl (C=O) groups is 4. The second-order valence-corrected chi connectivity index (χ2v) is 17.8. The number of amides is 4. The normalized spacial score (nSPS) is 18.6. The maximum Gasteiger partial charge on any atom is 0.407 e. The maximum absolute atomic E-state index is 14.1. The topological polar surface area (TPSA) is 193 Å². The molecule has 2 aromatic carbocycles. The Kier molecular flexibility index (Phi) is 14.3. The third-order valence-corrected chi connectivity index (χ3v) is 13.2. The lowest BCUT2D eigenvalue weighted by Crippen LogP contribution is -2.57. The molecule has 15 heteroatoms. The number of carbonyl (C=O) groups excluding carboxylic acids is 4. The van der Waals surface area contributed by atoms with E-state index in [0.717, 1.165) is 42.5 Å². The number of methoxy groups -OCH3 is 1. The first-order valence-electron chi connectivity index (χ1n) is 20.6. The first-order valence-corrected chi connectivity index (χ1v) is 22.1. The van der Waals surface area contributed by atoms with E-state index < -0.39 is 51.3 Å². The summed E-state index contributed by atoms with van der Waals surface area (Å²) in [5, 5.41) is 5.41. The van der Waals surface area contributed by atoms with E-state index in [2.05, 4.69) is 26.9 Å². The van der Waals surface area contributed by atoms with Crippen molar-refractivity contribution in [3.05, 3.63) is 83.0 Å². The largest absolute Gasteiger partial charge is 0.496 e. The second-order valence-electron chi connectivity index (χ2n) is 15.9. The molecule has 0 bridgehead atoms. The number of fused-ring (bicyclic) bond motifs is 1.